The van der Waals surface area contributed by atoms with Gasteiger partial charge in [0.05, 0.1) is 35.2 Å². The third-order valence-corrected chi connectivity index (χ3v) is 4.83. The van der Waals surface area contributed by atoms with E-state index in [4.69, 9.17) is 11.6 Å². The zero-order valence-electron chi connectivity index (χ0n) is 18.9. The van der Waals surface area contributed by atoms with Crippen molar-refractivity contribution in [1.82, 2.24) is 0 Å². The zero-order valence-corrected chi connectivity index (χ0v) is 19.7. The van der Waals surface area contributed by atoms with E-state index >= 15 is 0 Å². The lowest BCUT2D eigenvalue weighted by Gasteiger charge is -2.08. The molecule has 0 aliphatic carbocycles. The number of carbonyl (C=O) groups is 2. The third-order valence-electron chi connectivity index (χ3n) is 4.58. The second-order valence-corrected chi connectivity index (χ2v) is 7.31. The Hall–Kier alpha value is -4.58. The topological polar surface area (TPSA) is 151 Å². The minimum Gasteiger partial charge on any atom is -0.465 e. The molecule has 0 radical (unpaired) electrons. The van der Waals surface area contributed by atoms with Crippen LogP contribution in [0.3, 0.4) is 0 Å². The number of nitro groups is 2. The van der Waals surface area contributed by atoms with Gasteiger partial charge in [-0.3, -0.25) is 20.2 Å². The first-order chi connectivity index (χ1) is 17.1. The van der Waals surface area contributed by atoms with Crippen LogP contribution in [0.4, 0.5) is 21.5 Å². The summed E-state index contributed by atoms with van der Waals surface area (Å²) in [4.78, 5) is 42.4. The number of halogens is 2. The van der Waals surface area contributed by atoms with E-state index in [1.807, 2.05) is 12.1 Å². The Balaban J connectivity index is 0.000000281. The van der Waals surface area contributed by atoms with Gasteiger partial charge in [-0.05, 0) is 42.0 Å². The highest BCUT2D eigenvalue weighted by atomic mass is 35.5. The van der Waals surface area contributed by atoms with Crippen molar-refractivity contribution < 1.29 is 33.3 Å². The molecule has 3 aromatic carbocycles. The van der Waals surface area contributed by atoms with Gasteiger partial charge in [0.25, 0.3) is 5.69 Å². The van der Waals surface area contributed by atoms with Crippen molar-refractivity contribution in [2.45, 2.75) is 6.54 Å². The van der Waals surface area contributed by atoms with Gasteiger partial charge >= 0.3 is 17.6 Å². The van der Waals surface area contributed by atoms with E-state index in [0.717, 1.165) is 30.9 Å². The molecule has 0 amide bonds. The maximum atomic E-state index is 12.8. The van der Waals surface area contributed by atoms with Crippen molar-refractivity contribution in [1.29, 1.82) is 0 Å². The molecule has 3 aromatic rings. The first kappa shape index (κ1) is 27.7. The van der Waals surface area contributed by atoms with Crippen LogP contribution in [-0.4, -0.2) is 36.0 Å². The van der Waals surface area contributed by atoms with Gasteiger partial charge < -0.3 is 14.8 Å². The first-order valence-corrected chi connectivity index (χ1v) is 10.3. The maximum Gasteiger partial charge on any atom is 0.338 e. The number of anilines is 1. The largest absolute Gasteiger partial charge is 0.465 e. The molecule has 13 heteroatoms. The summed E-state index contributed by atoms with van der Waals surface area (Å²) in [5, 5.41) is 25.0. The van der Waals surface area contributed by atoms with Crippen LogP contribution in [-0.2, 0) is 16.0 Å². The summed E-state index contributed by atoms with van der Waals surface area (Å²) < 4.78 is 21.7. The van der Waals surface area contributed by atoms with E-state index in [9.17, 15) is 34.2 Å². The van der Waals surface area contributed by atoms with Crippen LogP contribution >= 0.6 is 11.6 Å². The lowest BCUT2D eigenvalue weighted by Crippen LogP contribution is -2.06. The summed E-state index contributed by atoms with van der Waals surface area (Å²) in [5.41, 5.74) is 0.403. The summed E-state index contributed by atoms with van der Waals surface area (Å²) in [6, 6.07) is 14.1. The molecule has 0 aromatic heterocycles. The average molecular weight is 520 g/mol. The Morgan fingerprint density at radius 3 is 1.86 bits per heavy atom. The Kier molecular flexibility index (Phi) is 9.81. The average Bonchev–Trinajstić information content (AvgIpc) is 2.87. The number of carbonyl (C=O) groups excluding carboxylic acids is 2. The molecule has 0 aliphatic rings. The fourth-order valence-electron chi connectivity index (χ4n) is 2.77. The summed E-state index contributed by atoms with van der Waals surface area (Å²) in [7, 11) is 2.36. The van der Waals surface area contributed by atoms with E-state index in [0.29, 0.717) is 17.3 Å². The van der Waals surface area contributed by atoms with Crippen molar-refractivity contribution in [3.05, 3.63) is 108 Å². The predicted molar refractivity (Wildman–Crippen MR) is 128 cm³/mol. The molecule has 3 rings (SSSR count). The number of hydrogen-bond donors (Lipinski definition) is 1. The number of hydrogen-bond acceptors (Lipinski definition) is 9. The number of benzene rings is 3. The molecule has 0 atom stereocenters. The molecule has 0 fully saturated rings. The molecule has 11 nitrogen and oxygen atoms in total. The molecule has 0 heterocycles. The molecular weight excluding hydrogens is 501 g/mol. The van der Waals surface area contributed by atoms with Crippen molar-refractivity contribution in [3.63, 3.8) is 0 Å². The van der Waals surface area contributed by atoms with Crippen LogP contribution in [0.1, 0.15) is 26.3 Å². The van der Waals surface area contributed by atoms with Gasteiger partial charge in [0.2, 0.25) is 5.82 Å². The highest BCUT2D eigenvalue weighted by molar-refractivity contribution is 6.30. The fraction of sp³-hybridized carbons (Fsp3) is 0.130. The molecule has 0 saturated carbocycles. The van der Waals surface area contributed by atoms with E-state index < -0.39 is 33.3 Å². The van der Waals surface area contributed by atoms with E-state index in [-0.39, 0.29) is 16.8 Å². The number of ether oxygens (including phenoxy) is 2. The number of nitrogens with zero attached hydrogens (tertiary/aromatic N) is 2. The summed E-state index contributed by atoms with van der Waals surface area (Å²) in [6.45, 7) is 0.398. The summed E-state index contributed by atoms with van der Waals surface area (Å²) >= 11 is 5.80. The highest BCUT2D eigenvalue weighted by Crippen LogP contribution is 2.26. The third kappa shape index (κ3) is 7.46. The second kappa shape index (κ2) is 12.8. The lowest BCUT2D eigenvalue weighted by molar-refractivity contribution is -0.387. The number of nitrogens with one attached hydrogen (secondary N) is 1. The smallest absolute Gasteiger partial charge is 0.338 e. The molecule has 0 aliphatic heterocycles. The van der Waals surface area contributed by atoms with Gasteiger partial charge in [-0.25, -0.2) is 9.59 Å². The maximum absolute atomic E-state index is 12.8. The summed E-state index contributed by atoms with van der Waals surface area (Å²) in [6.07, 6.45) is 0. The van der Waals surface area contributed by atoms with Crippen molar-refractivity contribution in [2.24, 2.45) is 0 Å². The number of methoxy groups -OCH3 is 2. The quantitative estimate of drug-likeness (QED) is 0.253. The summed E-state index contributed by atoms with van der Waals surface area (Å²) in [5.74, 6) is -2.34. The Bertz CT molecular complexity index is 1280. The van der Waals surface area contributed by atoms with E-state index in [1.54, 1.807) is 12.1 Å². The standard InChI is InChI=1S/C15H13ClN2O4.C8H6FNO4/c1-22-15(19)11-4-7-13(14(8-11)18(20)21)17-9-10-2-5-12(16)6-3-10;1-14-8(11)5-2-3-6(9)7(4-5)10(12)13/h2-8,17H,9H2,1H3;2-4H,1H3. The van der Waals surface area contributed by atoms with Gasteiger partial charge in [-0.2, -0.15) is 4.39 Å². The Morgan fingerprint density at radius 2 is 1.36 bits per heavy atom. The molecule has 0 spiro atoms. The first-order valence-electron chi connectivity index (χ1n) is 9.94. The van der Waals surface area contributed by atoms with Crippen LogP contribution in [0, 0.1) is 26.0 Å². The molecule has 36 heavy (non-hydrogen) atoms. The van der Waals surface area contributed by atoms with E-state index in [2.05, 4.69) is 14.8 Å². The van der Waals surface area contributed by atoms with Gasteiger partial charge in [-0.15, -0.1) is 0 Å². The molecule has 0 saturated heterocycles. The Labute approximate surface area is 208 Å². The number of esters is 2. The highest BCUT2D eigenvalue weighted by Gasteiger charge is 2.18. The predicted octanol–water partition coefficient (Wildman–Crippen LogP) is 5.17. The van der Waals surface area contributed by atoms with Crippen LogP contribution in [0.2, 0.25) is 5.02 Å². The Morgan fingerprint density at radius 1 is 0.861 bits per heavy atom. The zero-order chi connectivity index (χ0) is 26.8. The molecule has 1 N–H and O–H groups in total. The van der Waals surface area contributed by atoms with Gasteiger partial charge in [0.15, 0.2) is 0 Å². The van der Waals surface area contributed by atoms with Crippen molar-refractivity contribution in [2.75, 3.05) is 19.5 Å². The molecule has 188 valence electrons. The number of nitro benzene ring substituents is 2. The van der Waals surface area contributed by atoms with Crippen LogP contribution in [0.25, 0.3) is 0 Å². The monoisotopic (exact) mass is 519 g/mol. The van der Waals surface area contributed by atoms with Crippen molar-refractivity contribution >= 4 is 40.6 Å². The normalized spacial score (nSPS) is 9.89. The molecular formula is C23H19ClFN3O8. The van der Waals surface area contributed by atoms with Crippen LogP contribution in [0.15, 0.2) is 60.7 Å². The van der Waals surface area contributed by atoms with Crippen LogP contribution in [0.5, 0.6) is 0 Å². The van der Waals surface area contributed by atoms with Crippen LogP contribution < -0.4 is 5.32 Å². The SMILES string of the molecule is COC(=O)c1ccc(F)c([N+](=O)[O-])c1.COC(=O)c1ccc(NCc2ccc(Cl)cc2)c([N+](=O)[O-])c1. The van der Waals surface area contributed by atoms with Gasteiger partial charge in [0, 0.05) is 23.7 Å². The fourth-order valence-corrected chi connectivity index (χ4v) is 2.90. The second-order valence-electron chi connectivity index (χ2n) is 6.88. The number of rotatable bonds is 7. The van der Waals surface area contributed by atoms with E-state index in [1.165, 1.54) is 25.3 Å². The minimum atomic E-state index is -0.984. The molecule has 0 bridgehead atoms. The lowest BCUT2D eigenvalue weighted by atomic mass is 10.1. The van der Waals surface area contributed by atoms with Gasteiger partial charge in [0.1, 0.15) is 5.69 Å². The van der Waals surface area contributed by atoms with Gasteiger partial charge in [-0.1, -0.05) is 23.7 Å². The molecule has 0 unspecified atom stereocenters. The van der Waals surface area contributed by atoms with Crippen molar-refractivity contribution in [3.8, 4) is 0 Å². The minimum absolute atomic E-state index is 0.0550.